The molecule has 1 heterocycles. The number of anilines is 1. The molecule has 1 fully saturated rings. The van der Waals surface area contributed by atoms with Gasteiger partial charge in [0.2, 0.25) is 4.90 Å². The molecule has 2 aromatic carbocycles. The van der Waals surface area contributed by atoms with E-state index in [4.69, 9.17) is 21.1 Å². The Hall–Kier alpha value is -2.58. The van der Waals surface area contributed by atoms with Crippen LogP contribution in [0.15, 0.2) is 82.9 Å². The van der Waals surface area contributed by atoms with Gasteiger partial charge in [0.15, 0.2) is 5.75 Å². The largest absolute Gasteiger partial charge is 0.588 e. The second kappa shape index (κ2) is 12.4. The Morgan fingerprint density at radius 2 is 1.69 bits per heavy atom. The zero-order valence-corrected chi connectivity index (χ0v) is 21.8. The highest BCUT2D eigenvalue weighted by atomic mass is 35.5. The molecule has 0 amide bonds. The second-order valence-electron chi connectivity index (χ2n) is 8.45. The standard InChI is InChI=1S/C27H32ClN3O3S/c1-33-25-10-6-5-9-24(25)31-17-15-30(16-18-31)20-21-7-3-4-8-23(13-11-21)29-35(32)27-19-22(28)12-14-26(27)34-2/h5-14,19,29H,3-4,15-18,20H2,1-2H3/b13-11-,21-7+,23-8-. The summed E-state index contributed by atoms with van der Waals surface area (Å²) in [6.07, 6.45) is 10.3. The molecule has 35 heavy (non-hydrogen) atoms. The van der Waals surface area contributed by atoms with E-state index in [0.29, 0.717) is 15.7 Å². The molecule has 2 aromatic rings. The summed E-state index contributed by atoms with van der Waals surface area (Å²) < 4.78 is 27.0. The van der Waals surface area contributed by atoms with Crippen LogP contribution in [0.4, 0.5) is 5.69 Å². The number of nitrogens with zero attached hydrogens (tertiary/aromatic N) is 2. The molecule has 1 unspecified atom stereocenters. The number of nitrogens with one attached hydrogen (secondary N) is 1. The van der Waals surface area contributed by atoms with Gasteiger partial charge in [-0.15, -0.1) is 0 Å². The number of allylic oxidation sites excluding steroid dienone is 3. The highest BCUT2D eigenvalue weighted by molar-refractivity contribution is 7.89. The molecular weight excluding hydrogens is 482 g/mol. The van der Waals surface area contributed by atoms with Gasteiger partial charge in [0.1, 0.15) is 17.1 Å². The van der Waals surface area contributed by atoms with Crippen molar-refractivity contribution in [3.8, 4) is 11.5 Å². The molecule has 0 saturated carbocycles. The van der Waals surface area contributed by atoms with Crippen molar-refractivity contribution in [1.29, 1.82) is 0 Å². The van der Waals surface area contributed by atoms with Crippen molar-refractivity contribution in [2.75, 3.05) is 51.8 Å². The van der Waals surface area contributed by atoms with Crippen molar-refractivity contribution in [2.24, 2.45) is 0 Å². The minimum atomic E-state index is -1.48. The Labute approximate surface area is 216 Å². The van der Waals surface area contributed by atoms with Crippen LogP contribution >= 0.6 is 11.6 Å². The van der Waals surface area contributed by atoms with Gasteiger partial charge in [-0.05, 0) is 48.8 Å². The van der Waals surface area contributed by atoms with E-state index < -0.39 is 11.4 Å². The van der Waals surface area contributed by atoms with Crippen molar-refractivity contribution in [3.63, 3.8) is 0 Å². The maximum Gasteiger partial charge on any atom is 0.223 e. The maximum absolute atomic E-state index is 13.0. The number of rotatable bonds is 8. The fourth-order valence-corrected chi connectivity index (χ4v) is 5.57. The van der Waals surface area contributed by atoms with Crippen LogP contribution in [0.25, 0.3) is 0 Å². The van der Waals surface area contributed by atoms with E-state index >= 15 is 0 Å². The van der Waals surface area contributed by atoms with Crippen LogP contribution in [0.2, 0.25) is 5.02 Å². The zero-order chi connectivity index (χ0) is 24.6. The molecule has 2 aliphatic rings. The summed E-state index contributed by atoms with van der Waals surface area (Å²) in [4.78, 5) is 5.40. The predicted octanol–water partition coefficient (Wildman–Crippen LogP) is 4.95. The average Bonchev–Trinajstić information content (AvgIpc) is 2.88. The van der Waals surface area contributed by atoms with Crippen LogP contribution in [0.1, 0.15) is 12.8 Å². The highest BCUT2D eigenvalue weighted by Gasteiger charge is 2.21. The van der Waals surface area contributed by atoms with Gasteiger partial charge >= 0.3 is 0 Å². The van der Waals surface area contributed by atoms with Crippen LogP contribution in [-0.2, 0) is 11.4 Å². The van der Waals surface area contributed by atoms with Crippen LogP contribution in [0.5, 0.6) is 11.5 Å². The van der Waals surface area contributed by atoms with Crippen LogP contribution in [-0.4, -0.2) is 56.4 Å². The maximum atomic E-state index is 13.0. The number of ether oxygens (including phenoxy) is 2. The third-order valence-corrected chi connectivity index (χ3v) is 7.53. The summed E-state index contributed by atoms with van der Waals surface area (Å²) in [7, 11) is 3.29. The fraction of sp³-hybridized carbons (Fsp3) is 0.333. The summed E-state index contributed by atoms with van der Waals surface area (Å²) in [5.41, 5.74) is 3.26. The number of benzene rings is 2. The molecule has 6 nitrogen and oxygen atoms in total. The fourth-order valence-electron chi connectivity index (χ4n) is 4.29. The Morgan fingerprint density at radius 3 is 2.46 bits per heavy atom. The Kier molecular flexibility index (Phi) is 9.04. The van der Waals surface area contributed by atoms with E-state index in [1.807, 2.05) is 18.2 Å². The van der Waals surface area contributed by atoms with E-state index in [2.05, 4.69) is 44.9 Å². The lowest BCUT2D eigenvalue weighted by Crippen LogP contribution is -2.47. The van der Waals surface area contributed by atoms with Crippen molar-refractivity contribution >= 4 is 28.7 Å². The van der Waals surface area contributed by atoms with Crippen LogP contribution in [0.3, 0.4) is 0 Å². The summed E-state index contributed by atoms with van der Waals surface area (Å²) in [5, 5.41) is 0.522. The first-order valence-electron chi connectivity index (χ1n) is 11.8. The van der Waals surface area contributed by atoms with Crippen molar-refractivity contribution in [1.82, 2.24) is 9.62 Å². The van der Waals surface area contributed by atoms with Gasteiger partial charge in [0.05, 0.1) is 25.6 Å². The number of methoxy groups -OCH3 is 2. The van der Waals surface area contributed by atoms with E-state index in [-0.39, 0.29) is 0 Å². The smallest absolute Gasteiger partial charge is 0.223 e. The predicted molar refractivity (Wildman–Crippen MR) is 144 cm³/mol. The number of hydrogen-bond acceptors (Lipinski definition) is 6. The molecule has 1 aliphatic heterocycles. The molecule has 4 rings (SSSR count). The highest BCUT2D eigenvalue weighted by Crippen LogP contribution is 2.29. The first-order chi connectivity index (χ1) is 17.1. The van der Waals surface area contributed by atoms with Gasteiger partial charge < -0.3 is 18.9 Å². The lowest BCUT2D eigenvalue weighted by atomic mass is 10.1. The van der Waals surface area contributed by atoms with Crippen LogP contribution in [0, 0.1) is 0 Å². The molecule has 0 spiro atoms. The van der Waals surface area contributed by atoms with Gasteiger partial charge in [0, 0.05) is 43.8 Å². The van der Waals surface area contributed by atoms with Crippen molar-refractivity contribution in [3.05, 3.63) is 83.1 Å². The van der Waals surface area contributed by atoms with E-state index in [1.54, 1.807) is 32.4 Å². The molecule has 1 aliphatic carbocycles. The average molecular weight is 514 g/mol. The monoisotopic (exact) mass is 513 g/mol. The minimum absolute atomic E-state index is 0.522. The summed E-state index contributed by atoms with van der Waals surface area (Å²) in [5.74, 6) is 1.47. The molecule has 8 heteroatoms. The lowest BCUT2D eigenvalue weighted by Gasteiger charge is -2.36. The van der Waals surface area contributed by atoms with Crippen LogP contribution < -0.4 is 19.1 Å². The number of piperazine rings is 1. The Bertz CT molecular complexity index is 1100. The van der Waals surface area contributed by atoms with E-state index in [0.717, 1.165) is 62.7 Å². The van der Waals surface area contributed by atoms with Crippen molar-refractivity contribution < 1.29 is 14.0 Å². The topological polar surface area (TPSA) is 60.0 Å². The van der Waals surface area contributed by atoms with Crippen molar-refractivity contribution in [2.45, 2.75) is 17.7 Å². The molecule has 0 aromatic heterocycles. The Balaban J connectivity index is 1.34. The van der Waals surface area contributed by atoms with Gasteiger partial charge in [-0.3, -0.25) is 4.90 Å². The van der Waals surface area contributed by atoms with E-state index in [1.165, 1.54) is 5.57 Å². The molecule has 1 atom stereocenters. The summed E-state index contributed by atoms with van der Waals surface area (Å²) in [6, 6.07) is 13.3. The number of hydrogen-bond donors (Lipinski definition) is 1. The molecule has 1 N–H and O–H groups in total. The number of para-hydroxylation sites is 2. The molecule has 0 bridgehead atoms. The second-order valence-corrected chi connectivity index (χ2v) is 10.1. The SMILES string of the molecule is COc1ccccc1N1CCN(CC2=C/CC/C=C(N[S+]([O-])c3cc(Cl)ccc3OC)/C=C\2)CC1. The third kappa shape index (κ3) is 6.76. The molecular formula is C27H32ClN3O3S. The molecule has 1 saturated heterocycles. The zero-order valence-electron chi connectivity index (χ0n) is 20.2. The van der Waals surface area contributed by atoms with Gasteiger partial charge in [-0.2, -0.15) is 0 Å². The molecule has 0 radical (unpaired) electrons. The normalized spacial score (nSPS) is 21.5. The summed E-state index contributed by atoms with van der Waals surface area (Å²) >= 11 is 4.63. The third-order valence-electron chi connectivity index (χ3n) is 6.15. The van der Waals surface area contributed by atoms with E-state index in [9.17, 15) is 4.55 Å². The number of halogens is 1. The lowest BCUT2D eigenvalue weighted by molar-refractivity contribution is 0.278. The summed E-state index contributed by atoms with van der Waals surface area (Å²) in [6.45, 7) is 4.80. The Morgan fingerprint density at radius 1 is 0.943 bits per heavy atom. The first kappa shape index (κ1) is 25.5. The van der Waals surface area contributed by atoms with Gasteiger partial charge in [-0.25, -0.2) is 4.72 Å². The quantitative estimate of drug-likeness (QED) is 0.504. The molecule has 186 valence electrons. The first-order valence-corrected chi connectivity index (χ1v) is 13.3. The minimum Gasteiger partial charge on any atom is -0.588 e. The van der Waals surface area contributed by atoms with Gasteiger partial charge in [0.25, 0.3) is 0 Å². The van der Waals surface area contributed by atoms with Gasteiger partial charge in [-0.1, -0.05) is 42.0 Å².